The fraction of sp³-hybridized carbons (Fsp3) is 0.476. The molecule has 0 aliphatic heterocycles. The number of benzene rings is 1. The zero-order valence-electron chi connectivity index (χ0n) is 15.9. The van der Waals surface area contributed by atoms with Crippen LogP contribution in [0.1, 0.15) is 51.1 Å². The minimum Gasteiger partial charge on any atom is -0.452 e. The summed E-state index contributed by atoms with van der Waals surface area (Å²) >= 11 is 1.38. The lowest BCUT2D eigenvalue weighted by atomic mass is 10.1. The fourth-order valence-electron chi connectivity index (χ4n) is 3.30. The van der Waals surface area contributed by atoms with E-state index in [1.807, 2.05) is 0 Å². The Morgan fingerprint density at radius 1 is 1.21 bits per heavy atom. The maximum absolute atomic E-state index is 13.0. The molecule has 0 unspecified atom stereocenters. The number of carbonyl (C=O) groups is 2. The van der Waals surface area contributed by atoms with E-state index in [2.05, 4.69) is 10.3 Å². The molecule has 0 radical (unpaired) electrons. The van der Waals surface area contributed by atoms with Crippen LogP contribution in [0, 0.1) is 5.82 Å². The van der Waals surface area contributed by atoms with Crippen molar-refractivity contribution in [3.8, 4) is 10.6 Å². The lowest BCUT2D eigenvalue weighted by Crippen LogP contribution is -2.42. The average molecular weight is 405 g/mol. The molecule has 1 aliphatic rings. The summed E-state index contributed by atoms with van der Waals surface area (Å²) < 4.78 is 18.3. The molecule has 1 aromatic carbocycles. The van der Waals surface area contributed by atoms with Crippen LogP contribution in [0.25, 0.3) is 10.6 Å². The predicted octanol–water partition coefficient (Wildman–Crippen LogP) is 4.26. The number of carbonyl (C=O) groups excluding carboxylic acids is 2. The Labute approximate surface area is 168 Å². The molecule has 1 amide bonds. The zero-order chi connectivity index (χ0) is 19.9. The summed E-state index contributed by atoms with van der Waals surface area (Å²) in [4.78, 5) is 28.9. The second-order valence-electron chi connectivity index (χ2n) is 7.16. The van der Waals surface area contributed by atoms with Gasteiger partial charge in [-0.2, -0.15) is 0 Å². The van der Waals surface area contributed by atoms with E-state index in [4.69, 9.17) is 4.74 Å². The SMILES string of the molecule is C[C@H](OC(=O)Cc1csc(-c2ccc(F)cc2)n1)C(=O)NC1CCCCCC1. The topological polar surface area (TPSA) is 68.3 Å². The van der Waals surface area contributed by atoms with Gasteiger partial charge < -0.3 is 10.1 Å². The van der Waals surface area contributed by atoms with Crippen molar-refractivity contribution in [3.05, 3.63) is 41.2 Å². The van der Waals surface area contributed by atoms with E-state index >= 15 is 0 Å². The molecule has 1 heterocycles. The first kappa shape index (κ1) is 20.5. The number of hydrogen-bond donors (Lipinski definition) is 1. The van der Waals surface area contributed by atoms with Gasteiger partial charge in [0.2, 0.25) is 0 Å². The van der Waals surface area contributed by atoms with E-state index in [-0.39, 0.29) is 24.2 Å². The van der Waals surface area contributed by atoms with Crippen molar-refractivity contribution in [1.82, 2.24) is 10.3 Å². The first-order valence-electron chi connectivity index (χ1n) is 9.71. The summed E-state index contributed by atoms with van der Waals surface area (Å²) in [7, 11) is 0. The van der Waals surface area contributed by atoms with Gasteiger partial charge in [0.15, 0.2) is 6.10 Å². The van der Waals surface area contributed by atoms with Gasteiger partial charge in [-0.05, 0) is 44.0 Å². The number of rotatable bonds is 6. The third kappa shape index (κ3) is 5.86. The van der Waals surface area contributed by atoms with Gasteiger partial charge in [0.25, 0.3) is 5.91 Å². The van der Waals surface area contributed by atoms with Crippen LogP contribution in [0.5, 0.6) is 0 Å². The Balaban J connectivity index is 1.49. The highest BCUT2D eigenvalue weighted by Gasteiger charge is 2.22. The minimum atomic E-state index is -0.828. The minimum absolute atomic E-state index is 0.00125. The molecule has 28 heavy (non-hydrogen) atoms. The largest absolute Gasteiger partial charge is 0.452 e. The van der Waals surface area contributed by atoms with E-state index in [1.54, 1.807) is 24.4 Å². The van der Waals surface area contributed by atoms with Crippen LogP contribution in [-0.4, -0.2) is 29.0 Å². The van der Waals surface area contributed by atoms with Gasteiger partial charge in [-0.15, -0.1) is 11.3 Å². The molecular weight excluding hydrogens is 379 g/mol. The monoisotopic (exact) mass is 404 g/mol. The number of esters is 1. The number of ether oxygens (including phenoxy) is 1. The summed E-state index contributed by atoms with van der Waals surface area (Å²) in [5.74, 6) is -1.04. The Hall–Kier alpha value is -2.28. The fourth-order valence-corrected chi connectivity index (χ4v) is 4.12. The number of nitrogens with zero attached hydrogens (tertiary/aromatic N) is 1. The highest BCUT2D eigenvalue weighted by Crippen LogP contribution is 2.24. The van der Waals surface area contributed by atoms with Crippen LogP contribution in [0.4, 0.5) is 4.39 Å². The Bertz CT molecular complexity index is 798. The van der Waals surface area contributed by atoms with E-state index in [9.17, 15) is 14.0 Å². The predicted molar refractivity (Wildman–Crippen MR) is 106 cm³/mol. The number of aromatic nitrogens is 1. The molecule has 1 aliphatic carbocycles. The zero-order valence-corrected chi connectivity index (χ0v) is 16.8. The molecule has 150 valence electrons. The Kier molecular flexibility index (Phi) is 7.14. The average Bonchev–Trinajstić information content (AvgIpc) is 2.97. The van der Waals surface area contributed by atoms with E-state index in [0.717, 1.165) is 31.2 Å². The summed E-state index contributed by atoms with van der Waals surface area (Å²) in [6.45, 7) is 1.59. The molecule has 5 nitrogen and oxygen atoms in total. The number of halogens is 1. The van der Waals surface area contributed by atoms with Crippen molar-refractivity contribution in [2.75, 3.05) is 0 Å². The number of amides is 1. The third-order valence-corrected chi connectivity index (χ3v) is 5.79. The van der Waals surface area contributed by atoms with Crippen LogP contribution in [0.15, 0.2) is 29.6 Å². The molecule has 2 aromatic rings. The molecule has 3 rings (SSSR count). The second kappa shape index (κ2) is 9.78. The van der Waals surface area contributed by atoms with Crippen LogP contribution in [0.2, 0.25) is 0 Å². The smallest absolute Gasteiger partial charge is 0.312 e. The maximum atomic E-state index is 13.0. The lowest BCUT2D eigenvalue weighted by Gasteiger charge is -2.19. The van der Waals surface area contributed by atoms with E-state index in [1.165, 1.54) is 36.3 Å². The van der Waals surface area contributed by atoms with Gasteiger partial charge in [0, 0.05) is 17.0 Å². The Morgan fingerprint density at radius 3 is 2.57 bits per heavy atom. The summed E-state index contributed by atoms with van der Waals surface area (Å²) in [6, 6.07) is 6.22. The molecular formula is C21H25FN2O3S. The third-order valence-electron chi connectivity index (χ3n) is 4.85. The van der Waals surface area contributed by atoms with Crippen LogP contribution < -0.4 is 5.32 Å². The first-order valence-corrected chi connectivity index (χ1v) is 10.6. The van der Waals surface area contributed by atoms with Gasteiger partial charge in [-0.25, -0.2) is 9.37 Å². The quantitative estimate of drug-likeness (QED) is 0.577. The van der Waals surface area contributed by atoms with Crippen molar-refractivity contribution in [2.45, 2.75) is 64.0 Å². The molecule has 1 aromatic heterocycles. The van der Waals surface area contributed by atoms with Gasteiger partial charge >= 0.3 is 5.97 Å². The van der Waals surface area contributed by atoms with Crippen molar-refractivity contribution in [3.63, 3.8) is 0 Å². The van der Waals surface area contributed by atoms with Crippen LogP contribution in [-0.2, 0) is 20.7 Å². The number of hydrogen-bond acceptors (Lipinski definition) is 5. The molecule has 7 heteroatoms. The lowest BCUT2D eigenvalue weighted by molar-refractivity contribution is -0.154. The molecule has 1 N–H and O–H groups in total. The highest BCUT2D eigenvalue weighted by atomic mass is 32.1. The first-order chi connectivity index (χ1) is 13.5. The summed E-state index contributed by atoms with van der Waals surface area (Å²) in [5.41, 5.74) is 1.37. The normalized spacial score (nSPS) is 16.2. The second-order valence-corrected chi connectivity index (χ2v) is 8.01. The maximum Gasteiger partial charge on any atom is 0.312 e. The molecule has 1 atom stereocenters. The van der Waals surface area contributed by atoms with Gasteiger partial charge in [0.1, 0.15) is 10.8 Å². The molecule has 0 saturated heterocycles. The highest BCUT2D eigenvalue weighted by molar-refractivity contribution is 7.13. The van der Waals surface area contributed by atoms with Crippen LogP contribution >= 0.6 is 11.3 Å². The van der Waals surface area contributed by atoms with Crippen molar-refractivity contribution in [1.29, 1.82) is 0 Å². The number of nitrogens with one attached hydrogen (secondary N) is 1. The molecule has 0 bridgehead atoms. The van der Waals surface area contributed by atoms with Crippen molar-refractivity contribution >= 4 is 23.2 Å². The summed E-state index contributed by atoms with van der Waals surface area (Å²) in [5, 5.41) is 5.48. The van der Waals surface area contributed by atoms with E-state index < -0.39 is 12.1 Å². The number of thiazole rings is 1. The van der Waals surface area contributed by atoms with Crippen molar-refractivity contribution in [2.24, 2.45) is 0 Å². The summed E-state index contributed by atoms with van der Waals surface area (Å²) in [6.07, 6.45) is 5.81. The Morgan fingerprint density at radius 2 is 1.89 bits per heavy atom. The van der Waals surface area contributed by atoms with Crippen LogP contribution in [0.3, 0.4) is 0 Å². The van der Waals surface area contributed by atoms with Gasteiger partial charge in [-0.1, -0.05) is 25.7 Å². The molecule has 0 spiro atoms. The van der Waals surface area contributed by atoms with Gasteiger partial charge in [-0.3, -0.25) is 9.59 Å². The molecule has 1 saturated carbocycles. The van der Waals surface area contributed by atoms with Gasteiger partial charge in [0.05, 0.1) is 12.1 Å². The molecule has 1 fully saturated rings. The standard InChI is InChI=1S/C21H25FN2O3S/c1-14(20(26)23-17-6-4-2-3-5-7-17)27-19(25)12-18-13-28-21(24-18)15-8-10-16(22)11-9-15/h8-11,13-14,17H,2-7,12H2,1H3,(H,23,26)/t14-/m0/s1. The van der Waals surface area contributed by atoms with E-state index in [0.29, 0.717) is 10.7 Å². The van der Waals surface area contributed by atoms with Crippen molar-refractivity contribution < 1.29 is 18.7 Å².